The zero-order valence-corrected chi connectivity index (χ0v) is 21.5. The Morgan fingerprint density at radius 1 is 0.944 bits per heavy atom. The second-order valence-corrected chi connectivity index (χ2v) is 10.7. The summed E-state index contributed by atoms with van der Waals surface area (Å²) in [6.45, 7) is 0.922. The number of rotatable bonds is 6. The number of carboxylic acids is 2. The predicted molar refractivity (Wildman–Crippen MR) is 140 cm³/mol. The van der Waals surface area contributed by atoms with Crippen molar-refractivity contribution < 1.29 is 28.2 Å². The topological polar surface area (TPSA) is 131 Å². The van der Waals surface area contributed by atoms with Crippen molar-refractivity contribution in [3.63, 3.8) is 0 Å². The summed E-state index contributed by atoms with van der Waals surface area (Å²) >= 11 is 6.22. The average molecular weight is 532 g/mol. The highest BCUT2D eigenvalue weighted by atomic mass is 35.5. The molecule has 0 fully saturated rings. The Kier molecular flexibility index (Phi) is 8.24. The summed E-state index contributed by atoms with van der Waals surface area (Å²) in [6.07, 6.45) is 2.89. The number of benzene rings is 3. The lowest BCUT2D eigenvalue weighted by atomic mass is 10.1. The van der Waals surface area contributed by atoms with E-state index in [9.17, 15) is 8.42 Å². The van der Waals surface area contributed by atoms with Crippen LogP contribution in [-0.4, -0.2) is 68.1 Å². The lowest BCUT2D eigenvalue weighted by molar-refractivity contribution is -0.159. The molecule has 3 aromatic carbocycles. The Morgan fingerprint density at radius 3 is 2.28 bits per heavy atom. The number of H-pyrrole nitrogens is 1. The third kappa shape index (κ3) is 5.96. The zero-order valence-electron chi connectivity index (χ0n) is 19.9. The second kappa shape index (κ2) is 11.0. The highest BCUT2D eigenvalue weighted by molar-refractivity contribution is 7.92. The van der Waals surface area contributed by atoms with Gasteiger partial charge < -0.3 is 20.1 Å². The van der Waals surface area contributed by atoms with E-state index in [2.05, 4.69) is 9.88 Å². The molecule has 36 heavy (non-hydrogen) atoms. The quantitative estimate of drug-likeness (QED) is 0.320. The Labute approximate surface area is 213 Å². The van der Waals surface area contributed by atoms with Crippen molar-refractivity contribution in [1.29, 1.82) is 0 Å². The number of fused-ring (bicyclic) bond motifs is 2. The number of halogens is 1. The number of hydrogen-bond acceptors (Lipinski definition) is 5. The molecule has 1 heterocycles. The number of carbonyl (C=O) groups is 2. The van der Waals surface area contributed by atoms with E-state index in [4.69, 9.17) is 31.4 Å². The van der Waals surface area contributed by atoms with E-state index >= 15 is 0 Å². The van der Waals surface area contributed by atoms with E-state index in [1.54, 1.807) is 31.3 Å². The third-order valence-electron chi connectivity index (χ3n) is 5.58. The number of likely N-dealkylation sites (N-methyl/N-ethyl adjacent to an activating group) is 1. The molecule has 11 heteroatoms. The van der Waals surface area contributed by atoms with Crippen molar-refractivity contribution in [2.75, 3.05) is 32.0 Å². The first-order valence-corrected chi connectivity index (χ1v) is 12.6. The molecule has 4 rings (SSSR count). The van der Waals surface area contributed by atoms with Crippen molar-refractivity contribution in [2.45, 2.75) is 11.3 Å². The van der Waals surface area contributed by atoms with Gasteiger partial charge in [0.2, 0.25) is 0 Å². The van der Waals surface area contributed by atoms with E-state index in [1.165, 1.54) is 9.87 Å². The van der Waals surface area contributed by atoms with E-state index in [-0.39, 0.29) is 4.90 Å². The first kappa shape index (κ1) is 27.0. The molecular formula is C25H26ClN3O6S. The lowest BCUT2D eigenvalue weighted by Gasteiger charge is -2.20. The fourth-order valence-corrected chi connectivity index (χ4v) is 5.06. The van der Waals surface area contributed by atoms with Gasteiger partial charge in [0, 0.05) is 41.1 Å². The van der Waals surface area contributed by atoms with Gasteiger partial charge in [-0.05, 0) is 67.9 Å². The molecule has 0 aliphatic rings. The average Bonchev–Trinajstić information content (AvgIpc) is 3.24. The minimum Gasteiger partial charge on any atom is -0.473 e. The van der Waals surface area contributed by atoms with Crippen LogP contribution in [0.15, 0.2) is 65.7 Å². The van der Waals surface area contributed by atoms with Gasteiger partial charge in [-0.25, -0.2) is 18.0 Å². The molecule has 0 saturated heterocycles. The first-order chi connectivity index (χ1) is 16.9. The molecule has 0 radical (unpaired) electrons. The van der Waals surface area contributed by atoms with Gasteiger partial charge in [-0.15, -0.1) is 0 Å². The number of aromatic amines is 1. The number of hydrogen-bond donors (Lipinski definition) is 3. The smallest absolute Gasteiger partial charge is 0.414 e. The fraction of sp³-hybridized carbons (Fsp3) is 0.200. The highest BCUT2D eigenvalue weighted by Gasteiger charge is 2.22. The number of aromatic nitrogens is 1. The molecule has 0 aliphatic carbocycles. The minimum atomic E-state index is -3.71. The maximum Gasteiger partial charge on any atom is 0.414 e. The van der Waals surface area contributed by atoms with Crippen molar-refractivity contribution in [2.24, 2.45) is 0 Å². The van der Waals surface area contributed by atoms with Gasteiger partial charge in [0.25, 0.3) is 10.0 Å². The molecule has 0 bridgehead atoms. The fourth-order valence-electron chi connectivity index (χ4n) is 3.59. The van der Waals surface area contributed by atoms with Gasteiger partial charge in [0.05, 0.1) is 10.6 Å². The van der Waals surface area contributed by atoms with Crippen LogP contribution in [0.4, 0.5) is 5.69 Å². The lowest BCUT2D eigenvalue weighted by Crippen LogP contribution is -2.26. The molecular weight excluding hydrogens is 506 g/mol. The zero-order chi connectivity index (χ0) is 26.6. The normalized spacial score (nSPS) is 11.4. The van der Waals surface area contributed by atoms with Crippen molar-refractivity contribution in [1.82, 2.24) is 9.88 Å². The molecule has 1 aromatic heterocycles. The van der Waals surface area contributed by atoms with Gasteiger partial charge >= 0.3 is 11.9 Å². The predicted octanol–water partition coefficient (Wildman–Crippen LogP) is 4.06. The first-order valence-electron chi connectivity index (χ1n) is 10.8. The van der Waals surface area contributed by atoms with Crippen LogP contribution in [0.5, 0.6) is 0 Å². The molecule has 3 N–H and O–H groups in total. The summed E-state index contributed by atoms with van der Waals surface area (Å²) in [7, 11) is 1.95. The van der Waals surface area contributed by atoms with Crippen molar-refractivity contribution >= 4 is 60.9 Å². The Morgan fingerprint density at radius 2 is 1.64 bits per heavy atom. The second-order valence-electron chi connectivity index (χ2n) is 8.30. The van der Waals surface area contributed by atoms with Crippen LogP contribution in [0, 0.1) is 0 Å². The summed E-state index contributed by atoms with van der Waals surface area (Å²) in [5.74, 6) is -3.65. The summed E-state index contributed by atoms with van der Waals surface area (Å²) in [5.41, 5.74) is 2.80. The summed E-state index contributed by atoms with van der Waals surface area (Å²) < 4.78 is 28.0. The molecule has 0 saturated carbocycles. The minimum absolute atomic E-state index is 0.238. The maximum absolute atomic E-state index is 13.3. The van der Waals surface area contributed by atoms with Crippen LogP contribution < -0.4 is 4.31 Å². The summed E-state index contributed by atoms with van der Waals surface area (Å²) in [4.78, 5) is 23.8. The standard InChI is InChI=1S/C23H24ClN3O2S.C2H2O4/c1-26(2)12-11-17-15-25-23-10-7-18(14-21(17)23)27(3)30(28,29)19-8-9-20-16(13-19)5-4-6-22(20)24;3-1(4)2(5)6/h4-10,13-15,25H,11-12H2,1-3H3;(H,3,4)(H,5,6). The van der Waals surface area contributed by atoms with Gasteiger partial charge in [-0.2, -0.15) is 0 Å². The van der Waals surface area contributed by atoms with Gasteiger partial charge in [0.1, 0.15) is 0 Å². The van der Waals surface area contributed by atoms with E-state index < -0.39 is 22.0 Å². The number of nitrogens with zero attached hydrogens (tertiary/aromatic N) is 2. The summed E-state index contributed by atoms with van der Waals surface area (Å²) in [5, 5.41) is 18.1. The molecule has 0 atom stereocenters. The van der Waals surface area contributed by atoms with E-state index in [0.29, 0.717) is 10.7 Å². The van der Waals surface area contributed by atoms with Crippen LogP contribution in [0.25, 0.3) is 21.7 Å². The molecule has 190 valence electrons. The van der Waals surface area contributed by atoms with Crippen LogP contribution in [0.3, 0.4) is 0 Å². The molecule has 0 aliphatic heterocycles. The number of aliphatic carboxylic acids is 2. The highest BCUT2D eigenvalue weighted by Crippen LogP contribution is 2.30. The molecule has 9 nitrogen and oxygen atoms in total. The summed E-state index contributed by atoms with van der Waals surface area (Å²) in [6, 6.07) is 16.2. The largest absolute Gasteiger partial charge is 0.473 e. The number of anilines is 1. The van der Waals surface area contributed by atoms with Crippen LogP contribution >= 0.6 is 11.6 Å². The molecule has 0 unspecified atom stereocenters. The Balaban J connectivity index is 0.000000538. The number of sulfonamides is 1. The van der Waals surface area contributed by atoms with Gasteiger partial charge in [-0.1, -0.05) is 29.8 Å². The van der Waals surface area contributed by atoms with Gasteiger partial charge in [-0.3, -0.25) is 4.31 Å². The Hall–Kier alpha value is -3.60. The van der Waals surface area contributed by atoms with Crippen LogP contribution in [0.1, 0.15) is 5.56 Å². The van der Waals surface area contributed by atoms with Crippen LogP contribution in [-0.2, 0) is 26.0 Å². The molecule has 4 aromatic rings. The van der Waals surface area contributed by atoms with E-state index in [0.717, 1.165) is 34.6 Å². The van der Waals surface area contributed by atoms with Crippen LogP contribution in [0.2, 0.25) is 5.02 Å². The van der Waals surface area contributed by atoms with Gasteiger partial charge in [0.15, 0.2) is 0 Å². The Bertz CT molecular complexity index is 1520. The molecule has 0 spiro atoms. The monoisotopic (exact) mass is 531 g/mol. The number of carboxylic acid groups (broad SMARTS) is 2. The maximum atomic E-state index is 13.3. The molecule has 0 amide bonds. The van der Waals surface area contributed by atoms with Crippen molar-refractivity contribution in [3.05, 3.63) is 71.4 Å². The number of nitrogens with one attached hydrogen (secondary N) is 1. The van der Waals surface area contributed by atoms with E-state index in [1.807, 2.05) is 50.6 Å². The SMILES string of the molecule is CN(C)CCc1c[nH]c2ccc(N(C)S(=O)(=O)c3ccc4c(Cl)cccc4c3)cc12.O=C(O)C(=O)O. The third-order valence-corrected chi connectivity index (χ3v) is 7.69. The van der Waals surface area contributed by atoms with Crippen molar-refractivity contribution in [3.8, 4) is 0 Å².